The highest BCUT2D eigenvalue weighted by atomic mass is 16.1. The number of hydrogen-bond acceptors (Lipinski definition) is 3. The molecule has 1 aromatic rings. The van der Waals surface area contributed by atoms with Crippen LogP contribution in [0, 0.1) is 5.41 Å². The third kappa shape index (κ3) is 2.97. The minimum absolute atomic E-state index is 0.0529. The lowest BCUT2D eigenvalue weighted by Gasteiger charge is -2.34. The minimum atomic E-state index is -0.0529. The summed E-state index contributed by atoms with van der Waals surface area (Å²) in [7, 11) is 0. The zero-order valence-corrected chi connectivity index (χ0v) is 11.5. The molecule has 0 radical (unpaired) electrons. The predicted molar refractivity (Wildman–Crippen MR) is 73.1 cm³/mol. The molecule has 0 unspecified atom stereocenters. The third-order valence-corrected chi connectivity index (χ3v) is 4.33. The van der Waals surface area contributed by atoms with E-state index >= 15 is 0 Å². The molecule has 1 saturated carbocycles. The highest BCUT2D eigenvalue weighted by Crippen LogP contribution is 2.39. The summed E-state index contributed by atoms with van der Waals surface area (Å²) >= 11 is 0. The first-order chi connectivity index (χ1) is 9.16. The molecule has 1 aromatic heterocycles. The van der Waals surface area contributed by atoms with Crippen LogP contribution >= 0.6 is 0 Å². The van der Waals surface area contributed by atoms with Crippen LogP contribution in [0.5, 0.6) is 0 Å². The average Bonchev–Trinajstić information content (AvgIpc) is 3.15. The number of nitrogens with one attached hydrogen (secondary N) is 3. The van der Waals surface area contributed by atoms with Gasteiger partial charge in [0.2, 0.25) is 0 Å². The normalized spacial score (nSPS) is 22.2. The molecule has 0 bridgehead atoms. The highest BCUT2D eigenvalue weighted by molar-refractivity contribution is 5.92. The summed E-state index contributed by atoms with van der Waals surface area (Å²) in [4.78, 5) is 12.1. The number of carbonyl (C=O) groups is 1. The second kappa shape index (κ2) is 4.96. The van der Waals surface area contributed by atoms with E-state index in [1.807, 2.05) is 6.07 Å². The molecule has 1 saturated heterocycles. The molecule has 5 nitrogen and oxygen atoms in total. The first kappa shape index (κ1) is 12.7. The minimum Gasteiger partial charge on any atom is -0.350 e. The Kier molecular flexibility index (Phi) is 3.31. The Morgan fingerprint density at radius 1 is 1.47 bits per heavy atom. The van der Waals surface area contributed by atoms with Crippen LogP contribution in [0.1, 0.15) is 54.7 Å². The second-order valence-corrected chi connectivity index (χ2v) is 6.23. The van der Waals surface area contributed by atoms with E-state index in [4.69, 9.17) is 0 Å². The standard InChI is InChI=1S/C14H22N4O/c1-14(4-6-15-7-5-14)9-16-13(19)12-8-11(17-18-12)10-2-3-10/h8,10,15H,2-7,9H2,1H3,(H,16,19)(H,17,18). The van der Waals surface area contributed by atoms with Crippen LogP contribution in [0.25, 0.3) is 0 Å². The van der Waals surface area contributed by atoms with Crippen LogP contribution in [0.4, 0.5) is 0 Å². The van der Waals surface area contributed by atoms with Gasteiger partial charge < -0.3 is 10.6 Å². The van der Waals surface area contributed by atoms with Gasteiger partial charge in [-0.15, -0.1) is 0 Å². The number of piperidine rings is 1. The summed E-state index contributed by atoms with van der Waals surface area (Å²) in [5.41, 5.74) is 1.86. The van der Waals surface area contributed by atoms with Gasteiger partial charge in [0.05, 0.1) is 0 Å². The average molecular weight is 262 g/mol. The van der Waals surface area contributed by atoms with E-state index in [2.05, 4.69) is 27.8 Å². The summed E-state index contributed by atoms with van der Waals surface area (Å²) in [5, 5.41) is 13.5. The van der Waals surface area contributed by atoms with Crippen molar-refractivity contribution in [3.05, 3.63) is 17.5 Å². The summed E-state index contributed by atoms with van der Waals surface area (Å²) in [6.45, 7) is 5.06. The molecular weight excluding hydrogens is 240 g/mol. The molecule has 0 spiro atoms. The lowest BCUT2D eigenvalue weighted by molar-refractivity contribution is 0.0917. The number of amides is 1. The largest absolute Gasteiger partial charge is 0.350 e. The van der Waals surface area contributed by atoms with Gasteiger partial charge in [-0.2, -0.15) is 5.10 Å². The van der Waals surface area contributed by atoms with E-state index < -0.39 is 0 Å². The second-order valence-electron chi connectivity index (χ2n) is 6.23. The molecule has 0 atom stereocenters. The maximum absolute atomic E-state index is 12.1. The topological polar surface area (TPSA) is 69.8 Å². The lowest BCUT2D eigenvalue weighted by atomic mass is 9.81. The molecule has 3 N–H and O–H groups in total. The molecule has 19 heavy (non-hydrogen) atoms. The Morgan fingerprint density at radius 3 is 2.89 bits per heavy atom. The summed E-state index contributed by atoms with van der Waals surface area (Å²) in [6, 6.07) is 1.90. The number of H-pyrrole nitrogens is 1. The monoisotopic (exact) mass is 262 g/mol. The molecular formula is C14H22N4O. The summed E-state index contributed by atoms with van der Waals surface area (Å²) in [6.07, 6.45) is 4.66. The van der Waals surface area contributed by atoms with E-state index in [-0.39, 0.29) is 11.3 Å². The van der Waals surface area contributed by atoms with E-state index in [1.54, 1.807) is 0 Å². The number of aromatic nitrogens is 2. The van der Waals surface area contributed by atoms with Crippen LogP contribution < -0.4 is 10.6 Å². The van der Waals surface area contributed by atoms with Gasteiger partial charge in [0, 0.05) is 18.2 Å². The first-order valence-corrected chi connectivity index (χ1v) is 7.21. The molecule has 2 heterocycles. The predicted octanol–water partition coefficient (Wildman–Crippen LogP) is 1.41. The summed E-state index contributed by atoms with van der Waals surface area (Å²) in [5.74, 6) is 0.555. The number of carbonyl (C=O) groups excluding carboxylic acids is 1. The zero-order chi connectivity index (χ0) is 13.3. The van der Waals surface area contributed by atoms with Crippen molar-refractivity contribution in [2.24, 2.45) is 5.41 Å². The highest BCUT2D eigenvalue weighted by Gasteiger charge is 2.29. The van der Waals surface area contributed by atoms with Gasteiger partial charge in [0.25, 0.3) is 5.91 Å². The Labute approximate surface area is 113 Å². The van der Waals surface area contributed by atoms with Crippen LogP contribution in [0.2, 0.25) is 0 Å². The Bertz CT molecular complexity index is 458. The van der Waals surface area contributed by atoms with E-state index in [0.29, 0.717) is 11.6 Å². The molecule has 1 amide bonds. The van der Waals surface area contributed by atoms with Gasteiger partial charge in [-0.3, -0.25) is 9.89 Å². The maximum atomic E-state index is 12.1. The third-order valence-electron chi connectivity index (χ3n) is 4.33. The SMILES string of the molecule is CC1(CNC(=O)c2cc(C3CC3)[nH]n2)CCNCC1. The molecule has 2 aliphatic rings. The number of hydrogen-bond donors (Lipinski definition) is 3. The van der Waals surface area contributed by atoms with Crippen LogP contribution in [-0.4, -0.2) is 35.7 Å². The van der Waals surface area contributed by atoms with E-state index in [1.165, 1.54) is 12.8 Å². The van der Waals surface area contributed by atoms with E-state index in [9.17, 15) is 4.79 Å². The van der Waals surface area contributed by atoms with Crippen molar-refractivity contribution in [3.8, 4) is 0 Å². The zero-order valence-electron chi connectivity index (χ0n) is 11.5. The fraction of sp³-hybridized carbons (Fsp3) is 0.714. The number of nitrogens with zero attached hydrogens (tertiary/aromatic N) is 1. The van der Waals surface area contributed by atoms with Crippen molar-refractivity contribution < 1.29 is 4.79 Å². The molecule has 1 aliphatic heterocycles. The fourth-order valence-electron chi connectivity index (χ4n) is 2.65. The first-order valence-electron chi connectivity index (χ1n) is 7.21. The number of aromatic amines is 1. The number of rotatable bonds is 4. The maximum Gasteiger partial charge on any atom is 0.271 e. The van der Waals surface area contributed by atoms with Crippen molar-refractivity contribution in [1.82, 2.24) is 20.8 Å². The molecule has 1 aliphatic carbocycles. The quantitative estimate of drug-likeness (QED) is 0.768. The molecule has 2 fully saturated rings. The Balaban J connectivity index is 1.55. The lowest BCUT2D eigenvalue weighted by Crippen LogP contribution is -2.42. The molecule has 5 heteroatoms. The van der Waals surface area contributed by atoms with Crippen LogP contribution in [-0.2, 0) is 0 Å². The molecule has 104 valence electrons. The van der Waals surface area contributed by atoms with Crippen molar-refractivity contribution in [2.45, 2.75) is 38.5 Å². The van der Waals surface area contributed by atoms with Crippen molar-refractivity contribution in [2.75, 3.05) is 19.6 Å². The van der Waals surface area contributed by atoms with Gasteiger partial charge in [0.15, 0.2) is 0 Å². The van der Waals surface area contributed by atoms with Crippen molar-refractivity contribution in [1.29, 1.82) is 0 Å². The van der Waals surface area contributed by atoms with Gasteiger partial charge in [0.1, 0.15) is 5.69 Å². The molecule has 3 rings (SSSR count). The van der Waals surface area contributed by atoms with Gasteiger partial charge in [-0.05, 0) is 50.3 Å². The Morgan fingerprint density at radius 2 is 2.21 bits per heavy atom. The van der Waals surface area contributed by atoms with Crippen molar-refractivity contribution in [3.63, 3.8) is 0 Å². The van der Waals surface area contributed by atoms with E-state index in [0.717, 1.165) is 38.2 Å². The van der Waals surface area contributed by atoms with Gasteiger partial charge in [-0.1, -0.05) is 6.92 Å². The van der Waals surface area contributed by atoms with Crippen LogP contribution in [0.3, 0.4) is 0 Å². The van der Waals surface area contributed by atoms with Gasteiger partial charge in [-0.25, -0.2) is 0 Å². The van der Waals surface area contributed by atoms with Gasteiger partial charge >= 0.3 is 0 Å². The Hall–Kier alpha value is -1.36. The fourth-order valence-corrected chi connectivity index (χ4v) is 2.65. The van der Waals surface area contributed by atoms with Crippen molar-refractivity contribution >= 4 is 5.91 Å². The summed E-state index contributed by atoms with van der Waals surface area (Å²) < 4.78 is 0. The molecule has 0 aromatic carbocycles. The smallest absolute Gasteiger partial charge is 0.271 e. The van der Waals surface area contributed by atoms with Crippen LogP contribution in [0.15, 0.2) is 6.07 Å².